The lowest BCUT2D eigenvalue weighted by atomic mass is 9.90. The van der Waals surface area contributed by atoms with Gasteiger partial charge in [-0.15, -0.1) is 0 Å². The smallest absolute Gasteiger partial charge is 0.254 e. The zero-order valence-electron chi connectivity index (χ0n) is 15.7. The Morgan fingerprint density at radius 1 is 1.35 bits per heavy atom. The Labute approximate surface area is 154 Å². The number of nitrogens with zero attached hydrogens (tertiary/aromatic N) is 2. The molecule has 1 N–H and O–H groups in total. The van der Waals surface area contributed by atoms with E-state index in [1.54, 1.807) is 7.11 Å². The van der Waals surface area contributed by atoms with Crippen LogP contribution in [0.3, 0.4) is 0 Å². The lowest BCUT2D eigenvalue weighted by Crippen LogP contribution is -2.73. The van der Waals surface area contributed by atoms with Crippen LogP contribution in [0.15, 0.2) is 24.3 Å². The standard InChI is InChI=1S/C19H27N3O4/c1-14-5-4-6-15(9-14)18(24)22-12-19(13-22)11-21(2)16(10-26-19)17(23)20-7-8-25-3/h4-6,9,16H,7-8,10-13H2,1-3H3,(H,20,23)/t16-/m0/s1. The zero-order chi connectivity index (χ0) is 18.7. The molecule has 0 aromatic heterocycles. The first kappa shape index (κ1) is 18.8. The predicted octanol–water partition coefficient (Wildman–Crippen LogP) is 0.283. The highest BCUT2D eigenvalue weighted by molar-refractivity contribution is 5.95. The summed E-state index contributed by atoms with van der Waals surface area (Å²) in [5, 5.41) is 2.85. The number of likely N-dealkylation sites (N-methyl/N-ethyl adjacent to an activating group) is 1. The Kier molecular flexibility index (Phi) is 5.60. The zero-order valence-corrected chi connectivity index (χ0v) is 15.7. The second-order valence-corrected chi connectivity index (χ2v) is 7.24. The summed E-state index contributed by atoms with van der Waals surface area (Å²) in [5.41, 5.74) is 1.42. The number of aryl methyl sites for hydroxylation is 1. The lowest BCUT2D eigenvalue weighted by molar-refractivity contribution is -0.187. The number of hydrogen-bond donors (Lipinski definition) is 1. The monoisotopic (exact) mass is 361 g/mol. The van der Waals surface area contributed by atoms with Crippen LogP contribution in [0.25, 0.3) is 0 Å². The van der Waals surface area contributed by atoms with Gasteiger partial charge in [0, 0.05) is 25.8 Å². The highest BCUT2D eigenvalue weighted by atomic mass is 16.5. The van der Waals surface area contributed by atoms with Crippen LogP contribution in [-0.2, 0) is 14.3 Å². The topological polar surface area (TPSA) is 71.1 Å². The third kappa shape index (κ3) is 3.90. The van der Waals surface area contributed by atoms with Crippen molar-refractivity contribution in [1.29, 1.82) is 0 Å². The summed E-state index contributed by atoms with van der Waals surface area (Å²) in [6.45, 7) is 5.04. The molecular formula is C19H27N3O4. The number of carbonyl (C=O) groups excluding carboxylic acids is 2. The molecule has 2 heterocycles. The maximum Gasteiger partial charge on any atom is 0.254 e. The molecule has 1 atom stereocenters. The molecule has 7 nitrogen and oxygen atoms in total. The van der Waals surface area contributed by atoms with Crippen LogP contribution in [0.1, 0.15) is 15.9 Å². The average Bonchev–Trinajstić information content (AvgIpc) is 2.59. The van der Waals surface area contributed by atoms with E-state index in [4.69, 9.17) is 9.47 Å². The van der Waals surface area contributed by atoms with Crippen molar-refractivity contribution in [1.82, 2.24) is 15.1 Å². The second-order valence-electron chi connectivity index (χ2n) is 7.24. The van der Waals surface area contributed by atoms with Crippen molar-refractivity contribution in [3.63, 3.8) is 0 Å². The summed E-state index contributed by atoms with van der Waals surface area (Å²) < 4.78 is 11.0. The van der Waals surface area contributed by atoms with Crippen molar-refractivity contribution >= 4 is 11.8 Å². The second kappa shape index (κ2) is 7.73. The lowest BCUT2D eigenvalue weighted by Gasteiger charge is -2.54. The summed E-state index contributed by atoms with van der Waals surface area (Å²) in [4.78, 5) is 28.6. The molecule has 142 valence electrons. The fourth-order valence-electron chi connectivity index (χ4n) is 3.61. The van der Waals surface area contributed by atoms with Crippen LogP contribution in [0.5, 0.6) is 0 Å². The molecule has 1 aromatic rings. The predicted molar refractivity (Wildman–Crippen MR) is 97.1 cm³/mol. The van der Waals surface area contributed by atoms with Gasteiger partial charge in [-0.1, -0.05) is 17.7 Å². The third-order valence-electron chi connectivity index (χ3n) is 5.04. The molecule has 0 saturated carbocycles. The van der Waals surface area contributed by atoms with E-state index in [0.717, 1.165) is 5.56 Å². The molecule has 26 heavy (non-hydrogen) atoms. The van der Waals surface area contributed by atoms with E-state index in [1.165, 1.54) is 0 Å². The third-order valence-corrected chi connectivity index (χ3v) is 5.04. The maximum absolute atomic E-state index is 12.6. The van der Waals surface area contributed by atoms with Gasteiger partial charge < -0.3 is 19.7 Å². The van der Waals surface area contributed by atoms with Crippen molar-refractivity contribution in [2.45, 2.75) is 18.6 Å². The van der Waals surface area contributed by atoms with Crippen LogP contribution in [0.4, 0.5) is 0 Å². The van der Waals surface area contributed by atoms with Crippen LogP contribution >= 0.6 is 0 Å². The van der Waals surface area contributed by atoms with E-state index in [-0.39, 0.29) is 23.5 Å². The van der Waals surface area contributed by atoms with Gasteiger partial charge in [0.05, 0.1) is 26.3 Å². The molecule has 7 heteroatoms. The van der Waals surface area contributed by atoms with E-state index in [9.17, 15) is 9.59 Å². The Morgan fingerprint density at radius 3 is 2.77 bits per heavy atom. The number of methoxy groups -OCH3 is 1. The Morgan fingerprint density at radius 2 is 2.12 bits per heavy atom. The fraction of sp³-hybridized carbons (Fsp3) is 0.579. The molecule has 1 spiro atoms. The van der Waals surface area contributed by atoms with Gasteiger partial charge in [-0.25, -0.2) is 0 Å². The van der Waals surface area contributed by atoms with Gasteiger partial charge in [0.1, 0.15) is 11.6 Å². The number of hydrogen-bond acceptors (Lipinski definition) is 5. The van der Waals surface area contributed by atoms with Gasteiger partial charge in [0.15, 0.2) is 0 Å². The highest BCUT2D eigenvalue weighted by Gasteiger charge is 2.51. The van der Waals surface area contributed by atoms with Gasteiger partial charge >= 0.3 is 0 Å². The average molecular weight is 361 g/mol. The van der Waals surface area contributed by atoms with Gasteiger partial charge in [-0.2, -0.15) is 0 Å². The van der Waals surface area contributed by atoms with Crippen molar-refractivity contribution in [3.05, 3.63) is 35.4 Å². The molecule has 0 unspecified atom stereocenters. The molecule has 2 amide bonds. The van der Waals surface area contributed by atoms with Crippen molar-refractivity contribution in [2.24, 2.45) is 0 Å². The van der Waals surface area contributed by atoms with Crippen molar-refractivity contribution in [3.8, 4) is 0 Å². The number of likely N-dealkylation sites (tertiary alicyclic amines) is 1. The number of nitrogens with one attached hydrogen (secondary N) is 1. The van der Waals surface area contributed by atoms with Crippen molar-refractivity contribution < 1.29 is 19.1 Å². The molecule has 3 rings (SSSR count). The van der Waals surface area contributed by atoms with Gasteiger partial charge in [-0.05, 0) is 26.1 Å². The molecule has 2 aliphatic rings. The first-order valence-electron chi connectivity index (χ1n) is 8.91. The number of morpholine rings is 1. The Hall–Kier alpha value is -1.96. The number of rotatable bonds is 5. The van der Waals surface area contributed by atoms with Crippen LogP contribution in [0.2, 0.25) is 0 Å². The summed E-state index contributed by atoms with van der Waals surface area (Å²) in [5.74, 6) is -0.0172. The summed E-state index contributed by atoms with van der Waals surface area (Å²) in [6.07, 6.45) is 0. The molecule has 0 radical (unpaired) electrons. The Bertz CT molecular complexity index is 673. The number of ether oxygens (including phenoxy) is 2. The maximum atomic E-state index is 12.6. The minimum atomic E-state index is -0.364. The minimum Gasteiger partial charge on any atom is -0.383 e. The summed E-state index contributed by atoms with van der Waals surface area (Å²) in [7, 11) is 3.53. The van der Waals surface area contributed by atoms with E-state index in [1.807, 2.05) is 48.0 Å². The van der Waals surface area contributed by atoms with E-state index in [0.29, 0.717) is 45.0 Å². The SMILES string of the molecule is COCCNC(=O)[C@@H]1COC2(CN(C(=O)c3cccc(C)c3)C2)CN1C. The summed E-state index contributed by atoms with van der Waals surface area (Å²) in [6, 6.07) is 7.32. The normalized spacial score (nSPS) is 22.1. The van der Waals surface area contributed by atoms with E-state index in [2.05, 4.69) is 5.32 Å². The number of amides is 2. The largest absolute Gasteiger partial charge is 0.383 e. The quantitative estimate of drug-likeness (QED) is 0.763. The van der Waals surface area contributed by atoms with Gasteiger partial charge in [-0.3, -0.25) is 14.5 Å². The fourth-order valence-corrected chi connectivity index (χ4v) is 3.61. The molecule has 2 aliphatic heterocycles. The number of benzene rings is 1. The van der Waals surface area contributed by atoms with Crippen LogP contribution in [0, 0.1) is 6.92 Å². The minimum absolute atomic E-state index is 0.0324. The molecular weight excluding hydrogens is 334 g/mol. The molecule has 2 fully saturated rings. The van der Waals surface area contributed by atoms with Crippen LogP contribution in [-0.4, -0.2) is 86.8 Å². The van der Waals surface area contributed by atoms with E-state index >= 15 is 0 Å². The van der Waals surface area contributed by atoms with Crippen molar-refractivity contribution in [2.75, 3.05) is 53.6 Å². The highest BCUT2D eigenvalue weighted by Crippen LogP contribution is 2.31. The van der Waals surface area contributed by atoms with Gasteiger partial charge in [0.2, 0.25) is 5.91 Å². The Balaban J connectivity index is 1.52. The molecule has 0 aliphatic carbocycles. The number of carbonyl (C=O) groups is 2. The molecule has 2 saturated heterocycles. The molecule has 0 bridgehead atoms. The molecule has 1 aromatic carbocycles. The van der Waals surface area contributed by atoms with Crippen LogP contribution < -0.4 is 5.32 Å². The van der Waals surface area contributed by atoms with E-state index < -0.39 is 0 Å². The van der Waals surface area contributed by atoms with Gasteiger partial charge in [0.25, 0.3) is 5.91 Å². The first-order chi connectivity index (χ1) is 12.4. The summed E-state index contributed by atoms with van der Waals surface area (Å²) >= 11 is 0. The first-order valence-corrected chi connectivity index (χ1v) is 8.91.